The molecule has 6 heteroatoms. The second kappa shape index (κ2) is 45.6. The normalized spacial score (nSPS) is 10.3. The molecule has 1 aromatic rings. The summed E-state index contributed by atoms with van der Waals surface area (Å²) in [7, 11) is 0. The quantitative estimate of drug-likeness (QED) is 0.0588. The number of carbonyl (C=O) groups excluding carboxylic acids is 2. The summed E-state index contributed by atoms with van der Waals surface area (Å²) in [5.74, 6) is -1.48. The molecule has 0 aliphatic heterocycles. The molecule has 48 heavy (non-hydrogen) atoms. The van der Waals surface area contributed by atoms with E-state index in [1.165, 1.54) is 167 Å². The number of unbranched alkanes of at least 4 members (excludes halogenated alkanes) is 28. The van der Waals surface area contributed by atoms with E-state index in [1.54, 1.807) is 24.3 Å². The second-order valence-corrected chi connectivity index (χ2v) is 13.5. The Labute approximate surface area is 310 Å². The van der Waals surface area contributed by atoms with Gasteiger partial charge < -0.3 is 24.9 Å². The second-order valence-electron chi connectivity index (χ2n) is 13.5. The summed E-state index contributed by atoms with van der Waals surface area (Å²) in [4.78, 5) is 20.4. The van der Waals surface area contributed by atoms with Crippen LogP contribution < -0.4 is 10.2 Å². The summed E-state index contributed by atoms with van der Waals surface area (Å²) in [6.07, 6.45) is 39.7. The predicted octanol–water partition coefficient (Wildman–Crippen LogP) is 11.4. The Bertz CT molecular complexity index is 699. The van der Waals surface area contributed by atoms with E-state index in [2.05, 4.69) is 13.8 Å². The number of hydrogen-bond donors (Lipinski definition) is 1. The van der Waals surface area contributed by atoms with Crippen LogP contribution in [-0.2, 0) is 29.1 Å². The van der Waals surface area contributed by atoms with E-state index in [9.17, 15) is 19.8 Å². The molecular formula is C42H76O5Zn. The molecule has 5 nitrogen and oxygen atoms in total. The third-order valence-electron chi connectivity index (χ3n) is 8.73. The van der Waals surface area contributed by atoms with Gasteiger partial charge in [0.25, 0.3) is 0 Å². The summed E-state index contributed by atoms with van der Waals surface area (Å²) in [6.45, 7) is 4.53. The Balaban J connectivity index is -0.000000688. The van der Waals surface area contributed by atoms with Crippen molar-refractivity contribution in [2.24, 2.45) is 0 Å². The molecule has 1 rings (SSSR count). The number of carboxylic acid groups (broad SMARTS) is 2. The fraction of sp³-hybridized carbons (Fsp3) is 0.810. The minimum absolute atomic E-state index is 0. The van der Waals surface area contributed by atoms with Gasteiger partial charge in [-0.1, -0.05) is 212 Å². The Hall–Kier alpha value is -1.42. The number of carboxylic acids is 2. The summed E-state index contributed by atoms with van der Waals surface area (Å²) in [6, 6.07) is 8.71. The van der Waals surface area contributed by atoms with E-state index >= 15 is 0 Å². The molecule has 0 saturated heterocycles. The smallest absolute Gasteiger partial charge is 0.550 e. The largest absolute Gasteiger partial charge is 2.00 e. The molecule has 0 unspecified atom stereocenters. The van der Waals surface area contributed by atoms with Gasteiger partial charge in [0.15, 0.2) is 0 Å². The van der Waals surface area contributed by atoms with Crippen molar-refractivity contribution in [1.82, 2.24) is 0 Å². The first-order valence-corrected chi connectivity index (χ1v) is 20.1. The van der Waals surface area contributed by atoms with E-state index in [4.69, 9.17) is 5.11 Å². The van der Waals surface area contributed by atoms with Crippen LogP contribution in [0.25, 0.3) is 0 Å². The van der Waals surface area contributed by atoms with Crippen LogP contribution in [0.3, 0.4) is 0 Å². The summed E-state index contributed by atoms with van der Waals surface area (Å²) in [5, 5.41) is 29.1. The topological polar surface area (TPSA) is 100 Å². The first-order chi connectivity index (χ1) is 22.9. The molecule has 0 atom stereocenters. The van der Waals surface area contributed by atoms with E-state index < -0.39 is 11.9 Å². The maximum atomic E-state index is 10.2. The van der Waals surface area contributed by atoms with Crippen molar-refractivity contribution in [2.75, 3.05) is 0 Å². The van der Waals surface area contributed by atoms with E-state index in [-0.39, 0.29) is 32.3 Å². The summed E-state index contributed by atoms with van der Waals surface area (Å²) in [5.41, 5.74) is 0. The predicted molar refractivity (Wildman–Crippen MR) is 197 cm³/mol. The number of aromatic hydroxyl groups is 1. The molecule has 0 spiro atoms. The van der Waals surface area contributed by atoms with Crippen molar-refractivity contribution in [1.29, 1.82) is 0 Å². The third kappa shape index (κ3) is 51.4. The number of phenolic OH excluding ortho intramolecular Hbond substituents is 1. The zero-order valence-corrected chi connectivity index (χ0v) is 34.8. The fourth-order valence-corrected chi connectivity index (χ4v) is 5.71. The molecule has 0 radical (unpaired) electrons. The van der Waals surface area contributed by atoms with Crippen LogP contribution in [-0.4, -0.2) is 17.0 Å². The molecule has 0 saturated carbocycles. The van der Waals surface area contributed by atoms with Crippen molar-refractivity contribution in [2.45, 2.75) is 219 Å². The van der Waals surface area contributed by atoms with Crippen molar-refractivity contribution in [3.63, 3.8) is 0 Å². The van der Waals surface area contributed by atoms with Gasteiger partial charge in [0.05, 0.1) is 0 Å². The van der Waals surface area contributed by atoms with Crippen LogP contribution in [0.5, 0.6) is 5.75 Å². The zero-order valence-electron chi connectivity index (χ0n) is 31.8. The molecule has 1 aromatic carbocycles. The van der Waals surface area contributed by atoms with E-state index in [0.717, 1.165) is 25.7 Å². The molecule has 1 N–H and O–H groups in total. The van der Waals surface area contributed by atoms with Crippen molar-refractivity contribution >= 4 is 11.9 Å². The number of benzene rings is 1. The Morgan fingerprint density at radius 3 is 0.792 bits per heavy atom. The number of rotatable bonds is 32. The molecular weight excluding hydrogens is 650 g/mol. The number of hydrogen-bond acceptors (Lipinski definition) is 5. The van der Waals surface area contributed by atoms with Crippen LogP contribution >= 0.6 is 0 Å². The van der Waals surface area contributed by atoms with Crippen LogP contribution in [0, 0.1) is 0 Å². The Kier molecular flexibility index (Phi) is 48.4. The average Bonchev–Trinajstić information content (AvgIpc) is 3.05. The van der Waals surface area contributed by atoms with E-state index in [1.807, 2.05) is 6.07 Å². The molecule has 0 fully saturated rings. The first-order valence-electron chi connectivity index (χ1n) is 20.1. The van der Waals surface area contributed by atoms with Gasteiger partial charge in [-0.2, -0.15) is 0 Å². The standard InChI is InChI=1S/2C18H36O2.C6H6O.Zn/c2*1-2-3-4-5-6-7-8-9-10-11-12-13-14-15-16-17-18(19)20;7-6-4-2-1-3-5-6;/h2*2-17H2,1H3,(H,19,20);1-5,7H;/q;;;+2/p-2. The van der Waals surface area contributed by atoms with Gasteiger partial charge in [0.1, 0.15) is 5.75 Å². The first kappa shape index (κ1) is 51.0. The van der Waals surface area contributed by atoms with Crippen LogP contribution in [0.4, 0.5) is 0 Å². The Morgan fingerprint density at radius 1 is 0.417 bits per heavy atom. The number of phenols is 1. The molecule has 0 heterocycles. The zero-order chi connectivity index (χ0) is 34.9. The van der Waals surface area contributed by atoms with Crippen LogP contribution in [0.2, 0.25) is 0 Å². The average molecular weight is 726 g/mol. The summed E-state index contributed by atoms with van der Waals surface area (Å²) < 4.78 is 0. The van der Waals surface area contributed by atoms with Gasteiger partial charge in [0, 0.05) is 11.9 Å². The molecule has 0 amide bonds. The molecule has 0 aliphatic carbocycles. The monoisotopic (exact) mass is 724 g/mol. The molecule has 0 aliphatic rings. The van der Waals surface area contributed by atoms with Crippen molar-refractivity contribution in [3.8, 4) is 5.75 Å². The van der Waals surface area contributed by atoms with Gasteiger partial charge in [-0.15, -0.1) is 0 Å². The number of aliphatic carboxylic acids is 2. The van der Waals surface area contributed by atoms with Crippen molar-refractivity contribution < 1.29 is 44.4 Å². The third-order valence-corrected chi connectivity index (χ3v) is 8.73. The van der Waals surface area contributed by atoms with Gasteiger partial charge in [0.2, 0.25) is 0 Å². The van der Waals surface area contributed by atoms with E-state index in [0.29, 0.717) is 5.75 Å². The van der Waals surface area contributed by atoms with Crippen LogP contribution in [0.15, 0.2) is 30.3 Å². The summed E-state index contributed by atoms with van der Waals surface area (Å²) >= 11 is 0. The number of carbonyl (C=O) groups is 2. The molecule has 276 valence electrons. The fourth-order valence-electron chi connectivity index (χ4n) is 5.71. The minimum Gasteiger partial charge on any atom is -0.550 e. The maximum absolute atomic E-state index is 10.2. The minimum atomic E-state index is -0.903. The van der Waals surface area contributed by atoms with Gasteiger partial charge in [-0.25, -0.2) is 0 Å². The SMILES string of the molecule is CCCCCCCCCCCCCCCCCC(=O)[O-].CCCCCCCCCCCCCCCCCC(=O)[O-].Oc1ccccc1.[Zn+2]. The molecule has 0 bridgehead atoms. The van der Waals surface area contributed by atoms with Gasteiger partial charge in [-0.05, 0) is 37.8 Å². The molecule has 0 aromatic heterocycles. The maximum Gasteiger partial charge on any atom is 2.00 e. The Morgan fingerprint density at radius 2 is 0.625 bits per heavy atom. The van der Waals surface area contributed by atoms with Crippen LogP contribution in [0.1, 0.15) is 219 Å². The van der Waals surface area contributed by atoms with Crippen molar-refractivity contribution in [3.05, 3.63) is 30.3 Å². The van der Waals surface area contributed by atoms with Gasteiger partial charge >= 0.3 is 19.5 Å². The number of para-hydroxylation sites is 1. The van der Waals surface area contributed by atoms with Gasteiger partial charge in [-0.3, -0.25) is 0 Å².